The van der Waals surface area contributed by atoms with Gasteiger partial charge in [-0.2, -0.15) is 0 Å². The SMILES string of the molecule is CC(NCCC(C)S(C)=O)c1ccc(I)cc1. The van der Waals surface area contributed by atoms with Gasteiger partial charge >= 0.3 is 0 Å². The third kappa shape index (κ3) is 5.48. The maximum atomic E-state index is 11.2. The Morgan fingerprint density at radius 1 is 1.29 bits per heavy atom. The quantitative estimate of drug-likeness (QED) is 0.785. The lowest BCUT2D eigenvalue weighted by molar-refractivity contribution is 0.554. The van der Waals surface area contributed by atoms with Gasteiger partial charge in [0.1, 0.15) is 0 Å². The normalized spacial score (nSPS) is 16.5. The topological polar surface area (TPSA) is 29.1 Å². The predicted molar refractivity (Wildman–Crippen MR) is 83.7 cm³/mol. The van der Waals surface area contributed by atoms with Gasteiger partial charge in [0.15, 0.2) is 0 Å². The van der Waals surface area contributed by atoms with E-state index < -0.39 is 10.8 Å². The van der Waals surface area contributed by atoms with E-state index in [1.54, 1.807) is 6.26 Å². The van der Waals surface area contributed by atoms with Crippen LogP contribution in [0.4, 0.5) is 0 Å². The maximum Gasteiger partial charge on any atom is 0.0329 e. The van der Waals surface area contributed by atoms with Crippen molar-refractivity contribution in [3.63, 3.8) is 0 Å². The first-order valence-corrected chi connectivity index (χ1v) is 8.51. The first-order chi connectivity index (χ1) is 8.00. The Bertz CT molecular complexity index is 366. The van der Waals surface area contributed by atoms with Crippen molar-refractivity contribution >= 4 is 33.4 Å². The molecule has 17 heavy (non-hydrogen) atoms. The van der Waals surface area contributed by atoms with Gasteiger partial charge in [-0.25, -0.2) is 0 Å². The summed E-state index contributed by atoms with van der Waals surface area (Å²) in [5, 5.41) is 3.74. The second-order valence-corrected chi connectivity index (χ2v) is 7.37. The Morgan fingerprint density at radius 2 is 1.88 bits per heavy atom. The van der Waals surface area contributed by atoms with Gasteiger partial charge in [0, 0.05) is 31.9 Å². The minimum atomic E-state index is -0.714. The van der Waals surface area contributed by atoms with E-state index in [9.17, 15) is 4.21 Å². The Morgan fingerprint density at radius 3 is 2.41 bits per heavy atom. The molecule has 0 spiro atoms. The maximum absolute atomic E-state index is 11.2. The highest BCUT2D eigenvalue weighted by Gasteiger charge is 2.08. The number of benzene rings is 1. The molecule has 2 nitrogen and oxygen atoms in total. The second kappa shape index (κ2) is 7.48. The molecule has 96 valence electrons. The minimum Gasteiger partial charge on any atom is -0.310 e. The summed E-state index contributed by atoms with van der Waals surface area (Å²) < 4.78 is 12.5. The highest BCUT2D eigenvalue weighted by atomic mass is 127. The van der Waals surface area contributed by atoms with Crippen molar-refractivity contribution < 1.29 is 4.21 Å². The molecule has 0 aromatic heterocycles. The summed E-state index contributed by atoms with van der Waals surface area (Å²) in [5.74, 6) is 0. The van der Waals surface area contributed by atoms with Crippen LogP contribution in [0.15, 0.2) is 24.3 Å². The summed E-state index contributed by atoms with van der Waals surface area (Å²) in [5.41, 5.74) is 1.30. The van der Waals surface area contributed by atoms with Crippen LogP contribution in [-0.2, 0) is 10.8 Å². The van der Waals surface area contributed by atoms with Gasteiger partial charge in [-0.3, -0.25) is 4.21 Å². The molecule has 1 N–H and O–H groups in total. The fraction of sp³-hybridized carbons (Fsp3) is 0.538. The van der Waals surface area contributed by atoms with Crippen molar-refractivity contribution in [3.8, 4) is 0 Å². The molecule has 0 amide bonds. The molecule has 3 unspecified atom stereocenters. The van der Waals surface area contributed by atoms with Gasteiger partial charge in [0.05, 0.1) is 0 Å². The van der Waals surface area contributed by atoms with E-state index in [1.165, 1.54) is 9.13 Å². The average molecular weight is 365 g/mol. The van der Waals surface area contributed by atoms with E-state index >= 15 is 0 Å². The molecular formula is C13H20INOS. The molecule has 0 saturated heterocycles. The van der Waals surface area contributed by atoms with Gasteiger partial charge in [0.25, 0.3) is 0 Å². The molecule has 1 rings (SSSR count). The zero-order chi connectivity index (χ0) is 12.8. The van der Waals surface area contributed by atoms with Gasteiger partial charge in [-0.15, -0.1) is 0 Å². The molecule has 3 atom stereocenters. The molecule has 0 heterocycles. The van der Waals surface area contributed by atoms with Crippen molar-refractivity contribution in [2.45, 2.75) is 31.6 Å². The standard InChI is InChI=1S/C13H20INOS/c1-10(17(3)16)8-9-15-11(2)12-4-6-13(14)7-5-12/h4-7,10-11,15H,8-9H2,1-3H3. The van der Waals surface area contributed by atoms with E-state index in [4.69, 9.17) is 0 Å². The van der Waals surface area contributed by atoms with Crippen LogP contribution in [0.25, 0.3) is 0 Å². The van der Waals surface area contributed by atoms with Crippen LogP contribution in [0.1, 0.15) is 31.9 Å². The molecule has 0 bridgehead atoms. The first kappa shape index (κ1) is 15.1. The molecular weight excluding hydrogens is 345 g/mol. The van der Waals surface area contributed by atoms with Crippen LogP contribution in [0, 0.1) is 3.57 Å². The summed E-state index contributed by atoms with van der Waals surface area (Å²) in [7, 11) is -0.714. The lowest BCUT2D eigenvalue weighted by atomic mass is 10.1. The van der Waals surface area contributed by atoms with Crippen molar-refractivity contribution in [1.29, 1.82) is 0 Å². The van der Waals surface area contributed by atoms with Crippen LogP contribution >= 0.6 is 22.6 Å². The van der Waals surface area contributed by atoms with E-state index in [2.05, 4.69) is 59.1 Å². The number of nitrogens with one attached hydrogen (secondary N) is 1. The number of halogens is 1. The number of rotatable bonds is 6. The fourth-order valence-corrected chi connectivity index (χ4v) is 2.35. The van der Waals surface area contributed by atoms with E-state index in [-0.39, 0.29) is 5.25 Å². The van der Waals surface area contributed by atoms with Crippen molar-refractivity contribution in [1.82, 2.24) is 5.32 Å². The third-order valence-electron chi connectivity index (χ3n) is 2.94. The molecule has 4 heteroatoms. The minimum absolute atomic E-state index is 0.270. The van der Waals surface area contributed by atoms with Crippen molar-refractivity contribution in [3.05, 3.63) is 33.4 Å². The molecule has 0 aliphatic carbocycles. The third-order valence-corrected chi connectivity index (χ3v) is 5.03. The van der Waals surface area contributed by atoms with Crippen LogP contribution in [0.5, 0.6) is 0 Å². The van der Waals surface area contributed by atoms with E-state index in [1.807, 2.05) is 6.92 Å². The fourth-order valence-electron chi connectivity index (χ4n) is 1.54. The largest absolute Gasteiger partial charge is 0.310 e. The van der Waals surface area contributed by atoms with Crippen LogP contribution in [-0.4, -0.2) is 22.3 Å². The number of hydrogen-bond donors (Lipinski definition) is 1. The Labute approximate surface area is 120 Å². The molecule has 0 aliphatic heterocycles. The molecule has 0 radical (unpaired) electrons. The second-order valence-electron chi connectivity index (χ2n) is 4.33. The highest BCUT2D eigenvalue weighted by molar-refractivity contribution is 14.1. The molecule has 1 aromatic rings. The summed E-state index contributed by atoms with van der Waals surface area (Å²) in [6.45, 7) is 5.11. The summed E-state index contributed by atoms with van der Waals surface area (Å²) in [6, 6.07) is 8.90. The van der Waals surface area contributed by atoms with Crippen LogP contribution < -0.4 is 5.32 Å². The van der Waals surface area contributed by atoms with Crippen LogP contribution in [0.3, 0.4) is 0 Å². The molecule has 0 aliphatic rings. The van der Waals surface area contributed by atoms with Gasteiger partial charge in [0.2, 0.25) is 0 Å². The molecule has 1 aromatic carbocycles. The van der Waals surface area contributed by atoms with E-state index in [0.717, 1.165) is 13.0 Å². The monoisotopic (exact) mass is 365 g/mol. The Kier molecular flexibility index (Phi) is 6.66. The lowest BCUT2D eigenvalue weighted by Gasteiger charge is -2.15. The van der Waals surface area contributed by atoms with Gasteiger partial charge in [-0.05, 0) is 60.2 Å². The van der Waals surface area contributed by atoms with Crippen molar-refractivity contribution in [2.75, 3.05) is 12.8 Å². The van der Waals surface area contributed by atoms with Gasteiger partial charge in [-0.1, -0.05) is 19.1 Å². The zero-order valence-corrected chi connectivity index (χ0v) is 13.5. The van der Waals surface area contributed by atoms with Gasteiger partial charge < -0.3 is 5.32 Å². The smallest absolute Gasteiger partial charge is 0.0329 e. The first-order valence-electron chi connectivity index (χ1n) is 5.81. The van der Waals surface area contributed by atoms with Crippen LogP contribution in [0.2, 0.25) is 0 Å². The zero-order valence-electron chi connectivity index (χ0n) is 10.6. The van der Waals surface area contributed by atoms with Crippen molar-refractivity contribution in [2.24, 2.45) is 0 Å². The summed E-state index contributed by atoms with van der Waals surface area (Å²) >= 11 is 2.31. The molecule has 0 saturated carbocycles. The lowest BCUT2D eigenvalue weighted by Crippen LogP contribution is -2.24. The average Bonchev–Trinajstić information content (AvgIpc) is 2.29. The predicted octanol–water partition coefficient (Wildman–Crippen LogP) is 3.10. The summed E-state index contributed by atoms with van der Waals surface area (Å²) in [4.78, 5) is 0. The Hall–Kier alpha value is 0.0600. The summed E-state index contributed by atoms with van der Waals surface area (Å²) in [6.07, 6.45) is 2.73. The number of hydrogen-bond acceptors (Lipinski definition) is 2. The highest BCUT2D eigenvalue weighted by Crippen LogP contribution is 2.14. The van der Waals surface area contributed by atoms with E-state index in [0.29, 0.717) is 6.04 Å². The molecule has 0 fully saturated rings. The Balaban J connectivity index is 2.37.